The van der Waals surface area contributed by atoms with E-state index < -0.39 is 16.1 Å². The van der Waals surface area contributed by atoms with Gasteiger partial charge in [-0.1, -0.05) is 87.8 Å². The third-order valence-corrected chi connectivity index (χ3v) is 10.3. The second kappa shape index (κ2) is 16.7. The Kier molecular flexibility index (Phi) is 13.4. The molecule has 234 valence electrons. The standard InChI is InChI=1S/C35H50O6Si2/c1-36-34-25-31(40-26-38-18-20-42(3,4)5)24-30(32(34)22-28-12-10-9-11-13-28)16-14-29-15-17-33(35(23-29)37-2)41-27-39-19-21-43(6,7)8/h9-17,23-25H,18-22,26-27H2,1-8H3/b16-14+. The smallest absolute Gasteiger partial charge is 0.189 e. The molecular formula is C35H50O6Si2. The van der Waals surface area contributed by atoms with Crippen LogP contribution in [0.5, 0.6) is 23.0 Å². The van der Waals surface area contributed by atoms with Crippen LogP contribution in [0, 0.1) is 0 Å². The van der Waals surface area contributed by atoms with Crippen molar-refractivity contribution in [3.8, 4) is 23.0 Å². The Morgan fingerprint density at radius 2 is 1.26 bits per heavy atom. The van der Waals surface area contributed by atoms with Gasteiger partial charge in [0.15, 0.2) is 25.1 Å². The van der Waals surface area contributed by atoms with E-state index in [2.05, 4.69) is 75.7 Å². The Morgan fingerprint density at radius 1 is 0.628 bits per heavy atom. The molecule has 8 heteroatoms. The maximum Gasteiger partial charge on any atom is 0.189 e. The normalized spacial score (nSPS) is 12.0. The molecule has 0 amide bonds. The van der Waals surface area contributed by atoms with Crippen molar-refractivity contribution in [1.82, 2.24) is 0 Å². The van der Waals surface area contributed by atoms with Crippen LogP contribution < -0.4 is 18.9 Å². The monoisotopic (exact) mass is 622 g/mol. The summed E-state index contributed by atoms with van der Waals surface area (Å²) in [7, 11) is 1.06. The summed E-state index contributed by atoms with van der Waals surface area (Å²) in [6, 6.07) is 22.5. The molecule has 0 bridgehead atoms. The van der Waals surface area contributed by atoms with E-state index in [0.717, 1.165) is 40.9 Å². The van der Waals surface area contributed by atoms with Crippen molar-refractivity contribution in [1.29, 1.82) is 0 Å². The maximum absolute atomic E-state index is 6.02. The molecule has 0 spiro atoms. The quantitative estimate of drug-likeness (QED) is 0.0611. The third kappa shape index (κ3) is 12.6. The molecule has 6 nitrogen and oxygen atoms in total. The Morgan fingerprint density at radius 3 is 1.86 bits per heavy atom. The molecule has 0 saturated carbocycles. The molecule has 3 aromatic carbocycles. The lowest BCUT2D eigenvalue weighted by Gasteiger charge is -2.17. The molecule has 0 radical (unpaired) electrons. The molecule has 0 heterocycles. The first-order valence-corrected chi connectivity index (χ1v) is 22.4. The van der Waals surface area contributed by atoms with E-state index in [1.54, 1.807) is 14.2 Å². The SMILES string of the molecule is COc1cc(/C=C/c2cc(OCOCC[Si](C)(C)C)cc(OC)c2Cc2ccccc2)ccc1OCOCC[Si](C)(C)C. The van der Waals surface area contributed by atoms with Crippen LogP contribution in [0.1, 0.15) is 22.3 Å². The fourth-order valence-electron chi connectivity index (χ4n) is 4.23. The number of ether oxygens (including phenoxy) is 6. The minimum absolute atomic E-state index is 0.202. The largest absolute Gasteiger partial charge is 0.496 e. The zero-order valence-electron chi connectivity index (χ0n) is 27.3. The maximum atomic E-state index is 6.02. The molecule has 0 aliphatic rings. The molecule has 3 aromatic rings. The average Bonchev–Trinajstić information content (AvgIpc) is 2.96. The molecule has 0 aliphatic heterocycles. The van der Waals surface area contributed by atoms with Gasteiger partial charge in [0.05, 0.1) is 14.2 Å². The van der Waals surface area contributed by atoms with E-state index in [1.165, 1.54) is 5.56 Å². The molecule has 0 atom stereocenters. The molecular weight excluding hydrogens is 573 g/mol. The fraction of sp³-hybridized carbons (Fsp3) is 0.429. The summed E-state index contributed by atoms with van der Waals surface area (Å²) in [5.41, 5.74) is 4.28. The minimum Gasteiger partial charge on any atom is -0.496 e. The Labute approximate surface area is 261 Å². The molecule has 0 unspecified atom stereocenters. The molecule has 43 heavy (non-hydrogen) atoms. The highest BCUT2D eigenvalue weighted by molar-refractivity contribution is 6.76. The highest BCUT2D eigenvalue weighted by Crippen LogP contribution is 2.33. The van der Waals surface area contributed by atoms with Crippen LogP contribution in [0.3, 0.4) is 0 Å². The van der Waals surface area contributed by atoms with Crippen LogP contribution in [0.2, 0.25) is 51.4 Å². The first-order chi connectivity index (χ1) is 20.5. The van der Waals surface area contributed by atoms with Crippen molar-refractivity contribution in [3.05, 3.63) is 82.9 Å². The van der Waals surface area contributed by atoms with Crippen molar-refractivity contribution in [2.24, 2.45) is 0 Å². The van der Waals surface area contributed by atoms with Gasteiger partial charge in [-0.15, -0.1) is 0 Å². The Balaban J connectivity index is 1.79. The van der Waals surface area contributed by atoms with Crippen molar-refractivity contribution >= 4 is 28.3 Å². The average molecular weight is 623 g/mol. The molecule has 0 N–H and O–H groups in total. The van der Waals surface area contributed by atoms with Crippen LogP contribution in [0.15, 0.2) is 60.7 Å². The third-order valence-electron chi connectivity index (χ3n) is 6.90. The molecule has 0 saturated heterocycles. The van der Waals surface area contributed by atoms with Gasteiger partial charge in [0.1, 0.15) is 11.5 Å². The molecule has 3 rings (SSSR count). The summed E-state index contributed by atoms with van der Waals surface area (Å²) in [6.45, 7) is 15.8. The Bertz CT molecular complexity index is 1300. The van der Waals surface area contributed by atoms with Crippen LogP contribution in [-0.2, 0) is 15.9 Å². The van der Waals surface area contributed by atoms with Gasteiger partial charge in [0.2, 0.25) is 0 Å². The summed E-state index contributed by atoms with van der Waals surface area (Å²) >= 11 is 0. The van der Waals surface area contributed by atoms with E-state index in [4.69, 9.17) is 28.4 Å². The van der Waals surface area contributed by atoms with Gasteiger partial charge in [-0.2, -0.15) is 0 Å². The van der Waals surface area contributed by atoms with E-state index >= 15 is 0 Å². The van der Waals surface area contributed by atoms with Crippen LogP contribution in [0.4, 0.5) is 0 Å². The fourth-order valence-corrected chi connectivity index (χ4v) is 5.74. The highest BCUT2D eigenvalue weighted by Gasteiger charge is 2.15. The number of benzene rings is 3. The zero-order chi connectivity index (χ0) is 31.3. The lowest BCUT2D eigenvalue weighted by atomic mass is 9.97. The summed E-state index contributed by atoms with van der Waals surface area (Å²) in [5, 5.41) is 0. The van der Waals surface area contributed by atoms with Crippen LogP contribution in [0.25, 0.3) is 12.2 Å². The van der Waals surface area contributed by atoms with Crippen molar-refractivity contribution < 1.29 is 28.4 Å². The van der Waals surface area contributed by atoms with Gasteiger partial charge >= 0.3 is 0 Å². The van der Waals surface area contributed by atoms with Gasteiger partial charge in [-0.25, -0.2) is 0 Å². The van der Waals surface area contributed by atoms with Crippen molar-refractivity contribution in [3.63, 3.8) is 0 Å². The van der Waals surface area contributed by atoms with Crippen molar-refractivity contribution in [2.45, 2.75) is 57.8 Å². The number of methoxy groups -OCH3 is 2. The van der Waals surface area contributed by atoms with Gasteiger partial charge < -0.3 is 28.4 Å². The van der Waals surface area contributed by atoms with Gasteiger partial charge in [0.25, 0.3) is 0 Å². The van der Waals surface area contributed by atoms with Gasteiger partial charge in [0, 0.05) is 47.4 Å². The first-order valence-electron chi connectivity index (χ1n) is 15.0. The number of hydrogen-bond donors (Lipinski definition) is 0. The lowest BCUT2D eigenvalue weighted by Crippen LogP contribution is -2.22. The van der Waals surface area contributed by atoms with E-state index in [1.807, 2.05) is 36.4 Å². The number of hydrogen-bond acceptors (Lipinski definition) is 6. The van der Waals surface area contributed by atoms with Crippen LogP contribution in [-0.4, -0.2) is 57.2 Å². The van der Waals surface area contributed by atoms with Crippen molar-refractivity contribution in [2.75, 3.05) is 41.0 Å². The molecule has 0 fully saturated rings. The van der Waals surface area contributed by atoms with E-state index in [-0.39, 0.29) is 13.6 Å². The topological polar surface area (TPSA) is 55.4 Å². The minimum atomic E-state index is -1.16. The van der Waals surface area contributed by atoms with Gasteiger partial charge in [-0.3, -0.25) is 0 Å². The van der Waals surface area contributed by atoms with E-state index in [9.17, 15) is 0 Å². The summed E-state index contributed by atoms with van der Waals surface area (Å²) in [5.74, 6) is 2.80. The summed E-state index contributed by atoms with van der Waals surface area (Å²) in [6.07, 6.45) is 4.88. The second-order valence-corrected chi connectivity index (χ2v) is 24.3. The predicted octanol–water partition coefficient (Wildman–Crippen LogP) is 8.85. The predicted molar refractivity (Wildman–Crippen MR) is 183 cm³/mol. The summed E-state index contributed by atoms with van der Waals surface area (Å²) in [4.78, 5) is 0. The Hall–Kier alpha value is -3.05. The van der Waals surface area contributed by atoms with E-state index in [0.29, 0.717) is 30.5 Å². The zero-order valence-corrected chi connectivity index (χ0v) is 29.3. The highest BCUT2D eigenvalue weighted by atomic mass is 28.3. The first kappa shape index (κ1) is 34.4. The molecule has 0 aliphatic carbocycles. The molecule has 0 aromatic heterocycles. The summed E-state index contributed by atoms with van der Waals surface area (Å²) < 4.78 is 34.9. The second-order valence-electron chi connectivity index (χ2n) is 13.1. The van der Waals surface area contributed by atoms with Gasteiger partial charge in [-0.05, 0) is 47.0 Å². The number of rotatable bonds is 18. The van der Waals surface area contributed by atoms with Crippen LogP contribution >= 0.6 is 0 Å². The lowest BCUT2D eigenvalue weighted by molar-refractivity contribution is 0.0205.